The zero-order valence-corrected chi connectivity index (χ0v) is 20.2. The largest absolute Gasteiger partial charge is 0.453 e. The van der Waals surface area contributed by atoms with E-state index in [9.17, 15) is 13.2 Å². The van der Waals surface area contributed by atoms with Gasteiger partial charge in [0, 0.05) is 42.8 Å². The molecule has 1 aliphatic heterocycles. The summed E-state index contributed by atoms with van der Waals surface area (Å²) >= 11 is 17.1. The minimum atomic E-state index is -4.70. The highest BCUT2D eigenvalue weighted by Gasteiger charge is 2.39. The average Bonchev–Trinajstić information content (AvgIpc) is 3.12. The van der Waals surface area contributed by atoms with E-state index in [1.54, 1.807) is 24.3 Å². The molecule has 12 heteroatoms. The second kappa shape index (κ2) is 10.6. The average molecular weight is 529 g/mol. The lowest BCUT2D eigenvalue weighted by atomic mass is 10.2. The van der Waals surface area contributed by atoms with Crippen molar-refractivity contribution in [3.05, 3.63) is 80.3 Å². The molecule has 0 unspecified atom stereocenters. The molecule has 3 aromatic rings. The Bertz CT molecular complexity index is 1200. The van der Waals surface area contributed by atoms with Gasteiger partial charge >= 0.3 is 6.18 Å². The van der Waals surface area contributed by atoms with E-state index >= 15 is 0 Å². The number of halogens is 5. The molecular weight excluding hydrogens is 508 g/mol. The Kier molecular flexibility index (Phi) is 7.73. The van der Waals surface area contributed by atoms with Gasteiger partial charge in [-0.25, -0.2) is 4.68 Å². The lowest BCUT2D eigenvalue weighted by Crippen LogP contribution is -2.46. The first-order chi connectivity index (χ1) is 16.2. The van der Waals surface area contributed by atoms with Crippen LogP contribution in [0, 0.1) is 4.77 Å². The van der Waals surface area contributed by atoms with Gasteiger partial charge in [-0.05, 0) is 47.6 Å². The number of benzene rings is 2. The van der Waals surface area contributed by atoms with Gasteiger partial charge < -0.3 is 0 Å². The van der Waals surface area contributed by atoms with Crippen molar-refractivity contribution in [3.8, 4) is 0 Å². The molecule has 1 aromatic heterocycles. The molecule has 0 atom stereocenters. The molecule has 1 saturated heterocycles. The monoisotopic (exact) mass is 528 g/mol. The van der Waals surface area contributed by atoms with Crippen molar-refractivity contribution in [3.63, 3.8) is 0 Å². The maximum Gasteiger partial charge on any atom is 0.453 e. The van der Waals surface area contributed by atoms with E-state index in [-0.39, 0.29) is 11.4 Å². The van der Waals surface area contributed by atoms with Gasteiger partial charge in [0.25, 0.3) is 5.82 Å². The van der Waals surface area contributed by atoms with Crippen LogP contribution in [-0.4, -0.2) is 56.7 Å². The molecule has 0 spiro atoms. The first kappa shape index (κ1) is 24.9. The number of rotatable bonds is 6. The molecule has 34 heavy (non-hydrogen) atoms. The van der Waals surface area contributed by atoms with Crippen LogP contribution in [0.1, 0.15) is 17.0 Å². The molecule has 2 heterocycles. The summed E-state index contributed by atoms with van der Waals surface area (Å²) in [7, 11) is 0. The van der Waals surface area contributed by atoms with Crippen molar-refractivity contribution >= 4 is 41.6 Å². The number of piperazine rings is 1. The SMILES string of the molecule is FC(F)(F)c1nn(CN2CCN(Cc3ccc(Cl)cc3)CC2)c(=S)n1/N=C\c1ccc(Cl)cc1. The lowest BCUT2D eigenvalue weighted by molar-refractivity contribution is -0.147. The summed E-state index contributed by atoms with van der Waals surface area (Å²) in [4.78, 5) is 4.31. The van der Waals surface area contributed by atoms with Gasteiger partial charge in [-0.2, -0.15) is 22.9 Å². The van der Waals surface area contributed by atoms with Crippen LogP contribution < -0.4 is 0 Å². The van der Waals surface area contributed by atoms with Crippen molar-refractivity contribution in [2.75, 3.05) is 26.2 Å². The molecule has 1 fully saturated rings. The molecule has 0 aliphatic carbocycles. The molecule has 6 nitrogen and oxygen atoms in total. The quantitative estimate of drug-likeness (QED) is 0.317. The van der Waals surface area contributed by atoms with Crippen LogP contribution in [-0.2, 0) is 19.4 Å². The topological polar surface area (TPSA) is 41.6 Å². The summed E-state index contributed by atoms with van der Waals surface area (Å²) in [6.07, 6.45) is -3.41. The Morgan fingerprint density at radius 1 is 0.912 bits per heavy atom. The smallest absolute Gasteiger partial charge is 0.297 e. The first-order valence-electron chi connectivity index (χ1n) is 10.5. The second-order valence-electron chi connectivity index (χ2n) is 7.87. The minimum Gasteiger partial charge on any atom is -0.297 e. The fourth-order valence-electron chi connectivity index (χ4n) is 3.57. The summed E-state index contributed by atoms with van der Waals surface area (Å²) in [5.74, 6) is -1.16. The normalized spacial score (nSPS) is 15.9. The summed E-state index contributed by atoms with van der Waals surface area (Å²) < 4.78 is 42.6. The van der Waals surface area contributed by atoms with Gasteiger partial charge in [-0.3, -0.25) is 9.80 Å². The standard InChI is InChI=1S/C22H21Cl2F3N6S/c23-18-5-1-16(2-6-18)13-28-33-20(22(25,26)27)29-32(21(33)34)15-31-11-9-30(10-12-31)14-17-3-7-19(24)8-4-17/h1-8,13H,9-12,14-15H2/b28-13-. The summed E-state index contributed by atoms with van der Waals surface area (Å²) in [5.41, 5.74) is 1.75. The molecule has 0 N–H and O–H groups in total. The summed E-state index contributed by atoms with van der Waals surface area (Å²) in [6.45, 7) is 3.85. The molecule has 0 amide bonds. The van der Waals surface area contributed by atoms with Gasteiger partial charge in [0.2, 0.25) is 4.77 Å². The van der Waals surface area contributed by atoms with Crippen molar-refractivity contribution in [1.82, 2.24) is 24.3 Å². The molecule has 2 aromatic carbocycles. The molecular formula is C22H21Cl2F3N6S. The Morgan fingerprint density at radius 2 is 1.47 bits per heavy atom. The summed E-state index contributed by atoms with van der Waals surface area (Å²) in [6, 6.07) is 14.3. The molecule has 0 bridgehead atoms. The number of hydrogen-bond donors (Lipinski definition) is 0. The van der Waals surface area contributed by atoms with Crippen molar-refractivity contribution < 1.29 is 13.2 Å². The van der Waals surface area contributed by atoms with Crippen molar-refractivity contribution in [2.24, 2.45) is 5.10 Å². The Balaban J connectivity index is 1.44. The van der Waals surface area contributed by atoms with Crippen LogP contribution in [0.25, 0.3) is 0 Å². The maximum atomic E-state index is 13.6. The molecule has 1 aliphatic rings. The Morgan fingerprint density at radius 3 is 2.06 bits per heavy atom. The summed E-state index contributed by atoms with van der Waals surface area (Å²) in [5, 5.41) is 8.91. The highest BCUT2D eigenvalue weighted by atomic mass is 35.5. The zero-order valence-electron chi connectivity index (χ0n) is 17.9. The van der Waals surface area contributed by atoms with Crippen molar-refractivity contribution in [1.29, 1.82) is 0 Å². The van der Waals surface area contributed by atoms with E-state index in [1.165, 1.54) is 10.9 Å². The van der Waals surface area contributed by atoms with Crippen LogP contribution in [0.5, 0.6) is 0 Å². The first-order valence-corrected chi connectivity index (χ1v) is 11.6. The van der Waals surface area contributed by atoms with E-state index in [4.69, 9.17) is 35.4 Å². The van der Waals surface area contributed by atoms with E-state index < -0.39 is 12.0 Å². The van der Waals surface area contributed by atoms with E-state index in [0.717, 1.165) is 25.2 Å². The minimum absolute atomic E-state index is 0.124. The van der Waals surface area contributed by atoms with E-state index in [2.05, 4.69) is 15.1 Å². The fraction of sp³-hybridized carbons (Fsp3) is 0.318. The maximum absolute atomic E-state index is 13.6. The molecule has 0 saturated carbocycles. The number of alkyl halides is 3. The molecule has 180 valence electrons. The van der Waals surface area contributed by atoms with Crippen LogP contribution in [0.15, 0.2) is 53.6 Å². The second-order valence-corrected chi connectivity index (χ2v) is 9.11. The predicted molar refractivity (Wildman–Crippen MR) is 129 cm³/mol. The molecule has 0 radical (unpaired) electrons. The highest BCUT2D eigenvalue weighted by molar-refractivity contribution is 7.71. The molecule has 4 rings (SSSR count). The third-order valence-electron chi connectivity index (χ3n) is 5.38. The third-order valence-corrected chi connectivity index (χ3v) is 6.27. The van der Waals surface area contributed by atoms with Crippen LogP contribution in [0.4, 0.5) is 13.2 Å². The fourth-order valence-corrected chi connectivity index (χ4v) is 4.06. The van der Waals surface area contributed by atoms with Gasteiger partial charge in [-0.1, -0.05) is 47.5 Å². The predicted octanol–water partition coefficient (Wildman–Crippen LogP) is 5.40. The van der Waals surface area contributed by atoms with Gasteiger partial charge in [0.1, 0.15) is 0 Å². The zero-order chi connectivity index (χ0) is 24.3. The Labute approximate surface area is 209 Å². The number of nitrogens with zero attached hydrogens (tertiary/aromatic N) is 6. The van der Waals surface area contributed by atoms with E-state index in [1.807, 2.05) is 29.2 Å². The lowest BCUT2D eigenvalue weighted by Gasteiger charge is -2.34. The number of aromatic nitrogens is 3. The van der Waals surface area contributed by atoms with Crippen LogP contribution >= 0.6 is 35.4 Å². The third kappa shape index (κ3) is 6.25. The van der Waals surface area contributed by atoms with Crippen molar-refractivity contribution in [2.45, 2.75) is 19.4 Å². The van der Waals surface area contributed by atoms with Gasteiger partial charge in [-0.15, -0.1) is 5.10 Å². The van der Waals surface area contributed by atoms with Crippen LogP contribution in [0.3, 0.4) is 0 Å². The van der Waals surface area contributed by atoms with Crippen LogP contribution in [0.2, 0.25) is 10.0 Å². The van der Waals surface area contributed by atoms with Gasteiger partial charge in [0.15, 0.2) is 0 Å². The number of hydrogen-bond acceptors (Lipinski definition) is 5. The highest BCUT2D eigenvalue weighted by Crippen LogP contribution is 2.28. The van der Waals surface area contributed by atoms with E-state index in [0.29, 0.717) is 33.4 Å². The Hall–Kier alpha value is -2.24. The van der Waals surface area contributed by atoms with Gasteiger partial charge in [0.05, 0.1) is 12.9 Å².